The molecule has 346 valence electrons. The zero-order valence-electron chi connectivity index (χ0n) is 38.2. The van der Waals surface area contributed by atoms with Crippen LogP contribution in [0.4, 0.5) is 4.39 Å². The number of hydrogen-bond donors (Lipinski definition) is 2. The summed E-state index contributed by atoms with van der Waals surface area (Å²) in [6, 6.07) is 10.6. The van der Waals surface area contributed by atoms with Crippen LogP contribution in [0.2, 0.25) is 5.02 Å². The number of halogens is 2. The Labute approximate surface area is 392 Å². The number of imide groups is 1. The largest absolute Gasteiger partial charge is 0.490 e. The Balaban J connectivity index is 0.721. The zero-order valence-corrected chi connectivity index (χ0v) is 38.9. The number of allylic oxidation sites excluding steroid dienone is 3. The van der Waals surface area contributed by atoms with Crippen LogP contribution in [0.1, 0.15) is 124 Å². The highest BCUT2D eigenvalue weighted by molar-refractivity contribution is 6.43. The van der Waals surface area contributed by atoms with E-state index in [4.69, 9.17) is 21.6 Å². The maximum absolute atomic E-state index is 15.9. The molecule has 0 radical (unpaired) electrons. The van der Waals surface area contributed by atoms with E-state index in [1.807, 2.05) is 6.07 Å². The number of hydrogen-bond acceptors (Lipinski definition) is 8. The van der Waals surface area contributed by atoms with Crippen molar-refractivity contribution < 1.29 is 28.3 Å². The second kappa shape index (κ2) is 19.2. The Hall–Kier alpha value is -5.18. The summed E-state index contributed by atoms with van der Waals surface area (Å²) >= 11 is 6.18. The number of amides is 3. The molecule has 2 aliphatic heterocycles. The minimum Gasteiger partial charge on any atom is -0.490 e. The van der Waals surface area contributed by atoms with Crippen LogP contribution in [-0.2, 0) is 26.2 Å². The van der Waals surface area contributed by atoms with Gasteiger partial charge in [0.25, 0.3) is 5.91 Å². The van der Waals surface area contributed by atoms with Crippen LogP contribution in [0.15, 0.2) is 83.1 Å². The fourth-order valence-electron chi connectivity index (χ4n) is 12.0. The molecule has 7 aliphatic rings. The van der Waals surface area contributed by atoms with Crippen LogP contribution in [0, 0.1) is 52.7 Å². The van der Waals surface area contributed by atoms with Gasteiger partial charge in [0.05, 0.1) is 16.7 Å². The highest BCUT2D eigenvalue weighted by atomic mass is 35.5. The number of piperidine rings is 1. The molecular weight excluding hydrogens is 853 g/mol. The predicted octanol–water partition coefficient (Wildman–Crippen LogP) is 9.46. The van der Waals surface area contributed by atoms with Crippen molar-refractivity contribution in [2.75, 3.05) is 19.6 Å². The third-order valence-electron chi connectivity index (χ3n) is 15.8. The van der Waals surface area contributed by atoms with Crippen molar-refractivity contribution in [1.29, 1.82) is 5.26 Å². The number of ketones is 1. The molecule has 2 unspecified atom stereocenters. The molecule has 12 heteroatoms. The molecule has 2 heterocycles. The summed E-state index contributed by atoms with van der Waals surface area (Å²) in [4.78, 5) is 58.6. The number of carbonyl (C=O) groups excluding carboxylic acids is 4. The Morgan fingerprint density at radius 2 is 1.91 bits per heavy atom. The van der Waals surface area contributed by atoms with Gasteiger partial charge < -0.3 is 15.0 Å². The van der Waals surface area contributed by atoms with Gasteiger partial charge in [-0.3, -0.25) is 29.5 Å². The van der Waals surface area contributed by atoms with Crippen LogP contribution in [0.25, 0.3) is 0 Å². The van der Waals surface area contributed by atoms with Gasteiger partial charge in [0.1, 0.15) is 23.3 Å². The number of Topliss-reactive ketones (excluding diaryl/α,β-unsaturated/α-hetero) is 1. The van der Waals surface area contributed by atoms with E-state index >= 15 is 4.39 Å². The molecule has 0 aromatic heterocycles. The van der Waals surface area contributed by atoms with E-state index in [-0.39, 0.29) is 58.7 Å². The van der Waals surface area contributed by atoms with Gasteiger partial charge in [-0.05, 0) is 156 Å². The summed E-state index contributed by atoms with van der Waals surface area (Å²) in [6.45, 7) is 11.3. The van der Waals surface area contributed by atoms with Gasteiger partial charge in [-0.1, -0.05) is 54.0 Å². The van der Waals surface area contributed by atoms with Crippen molar-refractivity contribution in [3.05, 3.63) is 111 Å². The molecular formula is C54H61ClFN5O5. The Kier molecular flexibility index (Phi) is 13.4. The first-order valence-electron chi connectivity index (χ1n) is 24.1. The van der Waals surface area contributed by atoms with Gasteiger partial charge >= 0.3 is 0 Å². The topological polar surface area (TPSA) is 141 Å². The van der Waals surface area contributed by atoms with Crippen molar-refractivity contribution in [2.24, 2.45) is 40.5 Å². The van der Waals surface area contributed by atoms with E-state index in [9.17, 15) is 19.2 Å². The highest BCUT2D eigenvalue weighted by Crippen LogP contribution is 2.62. The third kappa shape index (κ3) is 9.92. The predicted molar refractivity (Wildman–Crippen MR) is 252 cm³/mol. The number of ether oxygens (including phenoxy) is 1. The lowest BCUT2D eigenvalue weighted by molar-refractivity contribution is -0.136. The average molecular weight is 915 g/mol. The molecule has 6 atom stereocenters. The van der Waals surface area contributed by atoms with E-state index < -0.39 is 0 Å². The van der Waals surface area contributed by atoms with Crippen LogP contribution in [0.3, 0.4) is 0 Å². The van der Waals surface area contributed by atoms with Gasteiger partial charge in [-0.2, -0.15) is 5.26 Å². The molecule has 3 saturated carbocycles. The van der Waals surface area contributed by atoms with Crippen LogP contribution < -0.4 is 15.4 Å². The Morgan fingerprint density at radius 1 is 1.11 bits per heavy atom. The van der Waals surface area contributed by atoms with E-state index in [0.29, 0.717) is 82.5 Å². The minimum atomic E-state index is -0.364. The molecule has 1 saturated heterocycles. The number of nitrogens with zero attached hydrogens (tertiary/aromatic N) is 3. The Bertz CT molecular complexity index is 2490. The first-order valence-corrected chi connectivity index (χ1v) is 24.5. The maximum Gasteiger partial charge on any atom is 0.270 e. The first kappa shape index (κ1) is 46.0. The summed E-state index contributed by atoms with van der Waals surface area (Å²) in [5, 5.41) is 15.1. The second-order valence-corrected chi connectivity index (χ2v) is 20.8. The number of carbonyl (C=O) groups is 4. The molecule has 5 aliphatic carbocycles. The molecule has 0 bridgehead atoms. The van der Waals surface area contributed by atoms with Crippen molar-refractivity contribution >= 4 is 40.8 Å². The highest BCUT2D eigenvalue weighted by Gasteiger charge is 2.60. The van der Waals surface area contributed by atoms with E-state index in [1.54, 1.807) is 30.5 Å². The molecule has 4 fully saturated rings. The number of rotatable bonds is 14. The number of nitrogens with one attached hydrogen (secondary N) is 2. The van der Waals surface area contributed by atoms with E-state index in [2.05, 4.69) is 59.2 Å². The number of benzene rings is 2. The lowest BCUT2D eigenvalue weighted by atomic mass is 9.79. The first-order chi connectivity index (χ1) is 31.8. The molecule has 3 amide bonds. The molecule has 2 aromatic carbocycles. The van der Waals surface area contributed by atoms with Crippen LogP contribution in [0.5, 0.6) is 5.75 Å². The van der Waals surface area contributed by atoms with Crippen molar-refractivity contribution in [3.63, 3.8) is 0 Å². The monoisotopic (exact) mass is 913 g/mol. The molecule has 9 rings (SSSR count). The standard InChI is InChI=1S/C54H61ClFN5O5/c1-4-49(53(65)59-38-8-11-39(12-9-38)66-40-10-6-36(27-57)47(55)25-40)58-28-31(2)19-34-15-18-61(29-32(3)20-34)30-44-41-13-5-33(22-42(41)44)21-37-23-43-45(26-48(37)56)54(16-17-54)46(51(43)63)24-35-7-14-50(62)60-52(35)64/h4-6,10,20,23,25-26,28,32,35,38-39,41-42,44,46H,1,7-9,11-19,21-22,24,29-30H2,2-3H3,(H,59,65)(H,60,62,64)/b31-28+,58-49+/t32-,35?,38-,39-,41-,42+,44+,46?/m0/s1. The van der Waals surface area contributed by atoms with Gasteiger partial charge in [-0.25, -0.2) is 4.39 Å². The number of aliphatic imine (C=N–C) groups is 1. The van der Waals surface area contributed by atoms with Crippen molar-refractivity contribution in [1.82, 2.24) is 15.5 Å². The average Bonchev–Trinajstić information content (AvgIpc) is 4.22. The zero-order chi connectivity index (χ0) is 46.3. The van der Waals surface area contributed by atoms with Crippen LogP contribution in [-0.4, -0.2) is 65.9 Å². The fourth-order valence-corrected chi connectivity index (χ4v) is 12.2. The van der Waals surface area contributed by atoms with Crippen molar-refractivity contribution in [3.8, 4) is 11.8 Å². The Morgan fingerprint density at radius 3 is 2.64 bits per heavy atom. The fraction of sp³-hybridized carbons (Fsp3) is 0.519. The molecule has 1 spiro atoms. The minimum absolute atomic E-state index is 0.0146. The smallest absolute Gasteiger partial charge is 0.270 e. The van der Waals surface area contributed by atoms with Crippen molar-refractivity contribution in [2.45, 2.75) is 121 Å². The molecule has 66 heavy (non-hydrogen) atoms. The summed E-state index contributed by atoms with van der Waals surface area (Å²) in [5.74, 6) is 1.28. The molecule has 10 nitrogen and oxygen atoms in total. The van der Waals surface area contributed by atoms with Gasteiger partial charge in [0.15, 0.2) is 5.78 Å². The SMILES string of the molecule is C=C/C(=N\C=C(/C)CC1=C[C@H](C)CN(C[C@@H]2[C@H]3CC=C(Cc4cc5c(cc4F)C4(CC4)C(CC4CCC(=O)NC4=O)C5=O)C[C@H]32)CC1)C(=O)N[C@H]1CC[C@H](Oc2ccc(C#N)c(Cl)c2)CC1. The molecule has 2 aromatic rings. The number of fused-ring (bicyclic) bond motifs is 3. The van der Waals surface area contributed by atoms with E-state index in [1.165, 1.54) is 17.2 Å². The van der Waals surface area contributed by atoms with Gasteiger partial charge in [-0.15, -0.1) is 0 Å². The normalized spacial score (nSPS) is 29.4. The lowest BCUT2D eigenvalue weighted by Gasteiger charge is -2.29. The summed E-state index contributed by atoms with van der Waals surface area (Å²) in [6.07, 6.45) is 18.3. The molecule has 2 N–H and O–H groups in total. The van der Waals surface area contributed by atoms with Gasteiger partial charge in [0.2, 0.25) is 11.8 Å². The quantitative estimate of drug-likeness (QED) is 0.109. The summed E-state index contributed by atoms with van der Waals surface area (Å²) in [7, 11) is 0. The lowest BCUT2D eigenvalue weighted by Crippen LogP contribution is -2.42. The van der Waals surface area contributed by atoms with Crippen LogP contribution >= 0.6 is 11.6 Å². The number of nitriles is 1. The third-order valence-corrected chi connectivity index (χ3v) is 16.1. The van der Waals surface area contributed by atoms with Gasteiger partial charge in [0, 0.05) is 67.2 Å². The maximum atomic E-state index is 15.9. The second-order valence-electron chi connectivity index (χ2n) is 20.4. The summed E-state index contributed by atoms with van der Waals surface area (Å²) < 4.78 is 22.0. The summed E-state index contributed by atoms with van der Waals surface area (Å²) in [5.41, 5.74) is 6.15. The van der Waals surface area contributed by atoms with E-state index in [0.717, 1.165) is 95.0 Å².